The monoisotopic (exact) mass is 216 g/mol. The zero-order valence-corrected chi connectivity index (χ0v) is 9.95. The lowest BCUT2D eigenvalue weighted by Gasteiger charge is -2.16. The molecule has 15 heavy (non-hydrogen) atoms. The largest absolute Gasteiger partial charge is 0.393 e. The minimum atomic E-state index is -0.0654. The lowest BCUT2D eigenvalue weighted by molar-refractivity contribution is 0.0651. The van der Waals surface area contributed by atoms with E-state index in [-0.39, 0.29) is 6.10 Å². The molecule has 1 saturated carbocycles. The van der Waals surface area contributed by atoms with Crippen molar-refractivity contribution >= 4 is 0 Å². The van der Waals surface area contributed by atoms with Gasteiger partial charge in [-0.15, -0.1) is 0 Å². The molecule has 0 aromatic rings. The van der Waals surface area contributed by atoms with Crippen LogP contribution in [-0.2, 0) is 9.47 Å². The van der Waals surface area contributed by atoms with E-state index >= 15 is 0 Å². The van der Waals surface area contributed by atoms with E-state index in [2.05, 4.69) is 6.92 Å². The third kappa shape index (κ3) is 4.49. The highest BCUT2D eigenvalue weighted by atomic mass is 16.5. The summed E-state index contributed by atoms with van der Waals surface area (Å²) < 4.78 is 10.3. The molecule has 0 heterocycles. The predicted octanol–water partition coefficient (Wildman–Crippen LogP) is 1.84. The van der Waals surface area contributed by atoms with Gasteiger partial charge in [0.05, 0.1) is 19.3 Å². The van der Waals surface area contributed by atoms with Crippen molar-refractivity contribution in [3.05, 3.63) is 0 Å². The second-order valence-electron chi connectivity index (χ2n) is 4.51. The van der Waals surface area contributed by atoms with E-state index in [1.54, 1.807) is 7.11 Å². The summed E-state index contributed by atoms with van der Waals surface area (Å²) in [7, 11) is 1.69. The van der Waals surface area contributed by atoms with E-state index < -0.39 is 0 Å². The molecule has 90 valence electrons. The van der Waals surface area contributed by atoms with Gasteiger partial charge in [0.2, 0.25) is 0 Å². The van der Waals surface area contributed by atoms with Gasteiger partial charge in [-0.1, -0.05) is 6.92 Å². The van der Waals surface area contributed by atoms with Gasteiger partial charge < -0.3 is 14.6 Å². The molecular weight excluding hydrogens is 192 g/mol. The summed E-state index contributed by atoms with van der Waals surface area (Å²) in [6.45, 7) is 4.36. The van der Waals surface area contributed by atoms with Crippen LogP contribution in [0.25, 0.3) is 0 Å². The maximum absolute atomic E-state index is 9.59. The van der Waals surface area contributed by atoms with Crippen LogP contribution in [0, 0.1) is 11.8 Å². The Hall–Kier alpha value is -0.120. The van der Waals surface area contributed by atoms with Crippen LogP contribution in [-0.4, -0.2) is 38.1 Å². The van der Waals surface area contributed by atoms with Crippen LogP contribution in [0.4, 0.5) is 0 Å². The van der Waals surface area contributed by atoms with Gasteiger partial charge in [0.15, 0.2) is 0 Å². The summed E-state index contributed by atoms with van der Waals surface area (Å²) in [6, 6.07) is 0. The Balaban J connectivity index is 1.96. The molecular formula is C12H24O3. The van der Waals surface area contributed by atoms with E-state index in [1.807, 2.05) is 0 Å². The number of rotatable bonds is 7. The third-order valence-corrected chi connectivity index (χ3v) is 3.48. The summed E-state index contributed by atoms with van der Waals surface area (Å²) in [4.78, 5) is 0. The fourth-order valence-corrected chi connectivity index (χ4v) is 2.32. The van der Waals surface area contributed by atoms with Gasteiger partial charge in [-0.25, -0.2) is 0 Å². The molecule has 0 radical (unpaired) electrons. The zero-order chi connectivity index (χ0) is 11.1. The number of ether oxygens (including phenoxy) is 2. The smallest absolute Gasteiger partial charge is 0.0700 e. The average Bonchev–Trinajstić information content (AvgIpc) is 2.54. The van der Waals surface area contributed by atoms with Crippen molar-refractivity contribution in [1.82, 2.24) is 0 Å². The van der Waals surface area contributed by atoms with Gasteiger partial charge in [-0.05, 0) is 37.5 Å². The van der Waals surface area contributed by atoms with Gasteiger partial charge in [0.25, 0.3) is 0 Å². The lowest BCUT2D eigenvalue weighted by atomic mass is 9.92. The molecule has 0 saturated heterocycles. The van der Waals surface area contributed by atoms with Crippen LogP contribution in [0.1, 0.15) is 32.6 Å². The Morgan fingerprint density at radius 2 is 2.00 bits per heavy atom. The number of hydrogen-bond donors (Lipinski definition) is 1. The molecule has 3 nitrogen and oxygen atoms in total. The summed E-state index contributed by atoms with van der Waals surface area (Å²) in [5, 5.41) is 9.59. The summed E-state index contributed by atoms with van der Waals surface area (Å²) >= 11 is 0. The number of methoxy groups -OCH3 is 1. The van der Waals surface area contributed by atoms with E-state index in [4.69, 9.17) is 9.47 Å². The number of hydrogen-bond acceptors (Lipinski definition) is 3. The molecule has 1 fully saturated rings. The predicted molar refractivity (Wildman–Crippen MR) is 59.8 cm³/mol. The lowest BCUT2D eigenvalue weighted by Crippen LogP contribution is -2.15. The van der Waals surface area contributed by atoms with E-state index in [1.165, 1.54) is 12.8 Å². The van der Waals surface area contributed by atoms with E-state index in [0.29, 0.717) is 25.0 Å². The van der Waals surface area contributed by atoms with Crippen LogP contribution in [0.3, 0.4) is 0 Å². The Labute approximate surface area is 92.8 Å². The van der Waals surface area contributed by atoms with Gasteiger partial charge >= 0.3 is 0 Å². The SMILES string of the molecule is COCCOCCCC1CCC(O)C1C. The first kappa shape index (κ1) is 12.9. The molecule has 0 amide bonds. The van der Waals surface area contributed by atoms with Gasteiger partial charge in [-0.3, -0.25) is 0 Å². The van der Waals surface area contributed by atoms with Crippen LogP contribution < -0.4 is 0 Å². The standard InChI is InChI=1S/C12H24O3/c1-10-11(5-6-12(10)13)4-3-7-15-9-8-14-2/h10-13H,3-9H2,1-2H3. The molecule has 1 N–H and O–H groups in total. The van der Waals surface area contributed by atoms with Crippen molar-refractivity contribution in [3.63, 3.8) is 0 Å². The molecule has 3 unspecified atom stereocenters. The number of aliphatic hydroxyl groups is 1. The molecule has 1 rings (SSSR count). The highest BCUT2D eigenvalue weighted by Crippen LogP contribution is 2.34. The fourth-order valence-electron chi connectivity index (χ4n) is 2.32. The Bertz CT molecular complexity index is 161. The normalized spacial score (nSPS) is 31.0. The van der Waals surface area contributed by atoms with Gasteiger partial charge in [0.1, 0.15) is 0 Å². The third-order valence-electron chi connectivity index (χ3n) is 3.48. The van der Waals surface area contributed by atoms with E-state index in [9.17, 15) is 5.11 Å². The highest BCUT2D eigenvalue weighted by Gasteiger charge is 2.30. The summed E-state index contributed by atoms with van der Waals surface area (Å²) in [5.41, 5.74) is 0. The fraction of sp³-hybridized carbons (Fsp3) is 1.00. The molecule has 0 aliphatic heterocycles. The van der Waals surface area contributed by atoms with Crippen LogP contribution in [0.2, 0.25) is 0 Å². The Morgan fingerprint density at radius 3 is 2.60 bits per heavy atom. The van der Waals surface area contributed by atoms with Crippen molar-refractivity contribution in [3.8, 4) is 0 Å². The molecule has 3 atom stereocenters. The topological polar surface area (TPSA) is 38.7 Å². The molecule has 3 heteroatoms. The summed E-state index contributed by atoms with van der Waals surface area (Å²) in [5.74, 6) is 1.18. The van der Waals surface area contributed by atoms with Gasteiger partial charge in [0, 0.05) is 13.7 Å². The second-order valence-corrected chi connectivity index (χ2v) is 4.51. The Kier molecular flexibility index (Phi) is 6.22. The molecule has 1 aliphatic carbocycles. The van der Waals surface area contributed by atoms with Crippen molar-refractivity contribution in [2.45, 2.75) is 38.7 Å². The zero-order valence-electron chi connectivity index (χ0n) is 9.95. The molecule has 0 aromatic heterocycles. The van der Waals surface area contributed by atoms with Crippen LogP contribution in [0.15, 0.2) is 0 Å². The van der Waals surface area contributed by atoms with Gasteiger partial charge in [-0.2, -0.15) is 0 Å². The van der Waals surface area contributed by atoms with Crippen molar-refractivity contribution in [2.24, 2.45) is 11.8 Å². The van der Waals surface area contributed by atoms with Crippen LogP contribution >= 0.6 is 0 Å². The van der Waals surface area contributed by atoms with Crippen molar-refractivity contribution in [2.75, 3.05) is 26.9 Å². The highest BCUT2D eigenvalue weighted by molar-refractivity contribution is 4.81. The first-order valence-electron chi connectivity index (χ1n) is 6.00. The minimum Gasteiger partial charge on any atom is -0.393 e. The molecule has 0 aromatic carbocycles. The maximum Gasteiger partial charge on any atom is 0.0700 e. The van der Waals surface area contributed by atoms with Crippen molar-refractivity contribution in [1.29, 1.82) is 0 Å². The molecule has 0 bridgehead atoms. The first-order chi connectivity index (χ1) is 7.25. The maximum atomic E-state index is 9.59. The second kappa shape index (κ2) is 7.20. The Morgan fingerprint density at radius 1 is 1.20 bits per heavy atom. The first-order valence-corrected chi connectivity index (χ1v) is 6.00. The molecule has 0 spiro atoms. The molecule has 1 aliphatic rings. The average molecular weight is 216 g/mol. The van der Waals surface area contributed by atoms with Crippen molar-refractivity contribution < 1.29 is 14.6 Å². The summed E-state index contributed by atoms with van der Waals surface area (Å²) in [6.07, 6.45) is 4.39. The quantitative estimate of drug-likeness (QED) is 0.660. The number of aliphatic hydroxyl groups excluding tert-OH is 1. The van der Waals surface area contributed by atoms with E-state index in [0.717, 1.165) is 19.4 Å². The minimum absolute atomic E-state index is 0.0654. The van der Waals surface area contributed by atoms with Crippen LogP contribution in [0.5, 0.6) is 0 Å².